The van der Waals surface area contributed by atoms with Gasteiger partial charge in [0, 0.05) is 5.92 Å². The van der Waals surface area contributed by atoms with Crippen molar-refractivity contribution >= 4 is 5.65 Å². The maximum absolute atomic E-state index is 4.77. The smallest absolute Gasteiger partial charge is 0.177 e. The van der Waals surface area contributed by atoms with Gasteiger partial charge in [-0.1, -0.05) is 12.8 Å². The van der Waals surface area contributed by atoms with Crippen LogP contribution in [-0.2, 0) is 0 Å². The van der Waals surface area contributed by atoms with Gasteiger partial charge in [0.05, 0.1) is 0 Å². The summed E-state index contributed by atoms with van der Waals surface area (Å²) >= 11 is 0. The molecule has 0 aromatic carbocycles. The van der Waals surface area contributed by atoms with Gasteiger partial charge >= 0.3 is 0 Å². The summed E-state index contributed by atoms with van der Waals surface area (Å²) in [6, 6.07) is 3.87. The summed E-state index contributed by atoms with van der Waals surface area (Å²) < 4.78 is 3.61. The summed E-state index contributed by atoms with van der Waals surface area (Å²) in [5.74, 6) is 4.86. The summed E-state index contributed by atoms with van der Waals surface area (Å²) in [5, 5.41) is 17.1. The van der Waals surface area contributed by atoms with Crippen LogP contribution in [0, 0.1) is 18.8 Å². The second-order valence-electron chi connectivity index (χ2n) is 6.79. The molecule has 3 atom stereocenters. The van der Waals surface area contributed by atoms with E-state index in [1.807, 2.05) is 23.7 Å². The van der Waals surface area contributed by atoms with Crippen LogP contribution < -0.4 is 0 Å². The van der Waals surface area contributed by atoms with Gasteiger partial charge in [-0.3, -0.25) is 0 Å². The van der Waals surface area contributed by atoms with Crippen LogP contribution in [0.2, 0.25) is 0 Å². The molecule has 0 N–H and O–H groups in total. The molecule has 118 valence electrons. The Labute approximate surface area is 133 Å². The van der Waals surface area contributed by atoms with Gasteiger partial charge in [-0.15, -0.1) is 20.4 Å². The van der Waals surface area contributed by atoms with Gasteiger partial charge < -0.3 is 0 Å². The molecule has 2 aliphatic rings. The minimum Gasteiger partial charge on any atom is -0.216 e. The molecule has 2 fully saturated rings. The molecule has 7 heteroatoms. The van der Waals surface area contributed by atoms with Gasteiger partial charge in [0.15, 0.2) is 11.5 Å². The Balaban J connectivity index is 1.60. The van der Waals surface area contributed by atoms with E-state index in [0.29, 0.717) is 5.92 Å². The van der Waals surface area contributed by atoms with E-state index >= 15 is 0 Å². The first-order valence-electron chi connectivity index (χ1n) is 8.40. The lowest BCUT2D eigenvalue weighted by atomic mass is 9.91. The lowest BCUT2D eigenvalue weighted by Crippen LogP contribution is -2.15. The van der Waals surface area contributed by atoms with Crippen LogP contribution in [0.5, 0.6) is 0 Å². The molecular formula is C16H19N7. The minimum absolute atomic E-state index is 0.516. The molecule has 0 saturated heterocycles. The molecule has 3 aromatic rings. The maximum Gasteiger partial charge on any atom is 0.177 e. The zero-order chi connectivity index (χ0) is 15.4. The van der Waals surface area contributed by atoms with Crippen LogP contribution in [0.4, 0.5) is 0 Å². The third kappa shape index (κ3) is 1.99. The van der Waals surface area contributed by atoms with E-state index in [1.165, 1.54) is 32.1 Å². The van der Waals surface area contributed by atoms with Gasteiger partial charge in [-0.2, -0.15) is 9.20 Å². The fourth-order valence-corrected chi connectivity index (χ4v) is 4.55. The number of hydrogen-bond donors (Lipinski definition) is 0. The van der Waals surface area contributed by atoms with Crippen molar-refractivity contribution in [3.8, 4) is 5.82 Å². The van der Waals surface area contributed by atoms with E-state index in [-0.39, 0.29) is 0 Å². The van der Waals surface area contributed by atoms with Crippen LogP contribution in [0.15, 0.2) is 18.5 Å². The normalized spacial score (nSPS) is 26.9. The summed E-state index contributed by atoms with van der Waals surface area (Å²) in [6.07, 6.45) is 8.26. The van der Waals surface area contributed by atoms with E-state index in [1.54, 1.807) is 10.8 Å². The van der Waals surface area contributed by atoms with Crippen LogP contribution in [0.25, 0.3) is 11.5 Å². The number of hydrogen-bond acceptors (Lipinski definition) is 5. The predicted octanol–water partition coefficient (Wildman–Crippen LogP) is 2.31. The van der Waals surface area contributed by atoms with Crippen molar-refractivity contribution in [3.05, 3.63) is 30.1 Å². The summed E-state index contributed by atoms with van der Waals surface area (Å²) in [5.41, 5.74) is 0.740. The van der Waals surface area contributed by atoms with Crippen molar-refractivity contribution in [3.63, 3.8) is 0 Å². The third-order valence-electron chi connectivity index (χ3n) is 5.52. The Morgan fingerprint density at radius 1 is 1.09 bits per heavy atom. The van der Waals surface area contributed by atoms with Crippen molar-refractivity contribution in [1.29, 1.82) is 0 Å². The molecule has 5 rings (SSSR count). The van der Waals surface area contributed by atoms with E-state index in [0.717, 1.165) is 34.9 Å². The summed E-state index contributed by atoms with van der Waals surface area (Å²) in [4.78, 5) is 4.77. The van der Waals surface area contributed by atoms with Gasteiger partial charge in [-0.05, 0) is 50.2 Å². The molecule has 0 bridgehead atoms. The van der Waals surface area contributed by atoms with Crippen molar-refractivity contribution in [2.24, 2.45) is 11.8 Å². The van der Waals surface area contributed by atoms with Crippen LogP contribution in [0.1, 0.15) is 49.7 Å². The first-order valence-corrected chi connectivity index (χ1v) is 8.40. The molecule has 3 aromatic heterocycles. The highest BCUT2D eigenvalue weighted by Gasteiger charge is 2.42. The average molecular weight is 309 g/mol. The molecule has 0 amide bonds. The van der Waals surface area contributed by atoms with Crippen molar-refractivity contribution < 1.29 is 0 Å². The Kier molecular flexibility index (Phi) is 2.77. The standard InChI is InChI=1S/C16H19N7/c1-10-18-16(13-6-5-11-3-2-4-12(11)13)23(20-10)15-8-7-14-19-17-9-22(14)21-15/h7-9,11-13H,2-6H2,1H3/t11-,12-,13-/m0/s1. The molecule has 3 heterocycles. The fourth-order valence-electron chi connectivity index (χ4n) is 4.55. The zero-order valence-corrected chi connectivity index (χ0v) is 13.1. The number of rotatable bonds is 2. The monoisotopic (exact) mass is 309 g/mol. The second kappa shape index (κ2) is 4.84. The fraction of sp³-hybridized carbons (Fsp3) is 0.562. The molecule has 2 saturated carbocycles. The number of aryl methyl sites for hydroxylation is 1. The number of aromatic nitrogens is 7. The SMILES string of the molecule is Cc1nc([C@H]2CC[C@@H]3CCC[C@@H]32)n(-c2ccc3nncn3n2)n1. The van der Waals surface area contributed by atoms with Crippen LogP contribution in [-0.4, -0.2) is 34.6 Å². The summed E-state index contributed by atoms with van der Waals surface area (Å²) in [7, 11) is 0. The van der Waals surface area contributed by atoms with Crippen molar-refractivity contribution in [1.82, 2.24) is 34.6 Å². The lowest BCUT2D eigenvalue weighted by molar-refractivity contribution is 0.407. The van der Waals surface area contributed by atoms with Crippen LogP contribution >= 0.6 is 0 Å². The molecule has 0 spiro atoms. The Bertz CT molecular complexity index is 864. The number of fused-ring (bicyclic) bond motifs is 2. The van der Waals surface area contributed by atoms with E-state index in [4.69, 9.17) is 4.98 Å². The molecule has 0 radical (unpaired) electrons. The molecule has 2 aliphatic carbocycles. The van der Waals surface area contributed by atoms with Gasteiger partial charge in [0.2, 0.25) is 0 Å². The van der Waals surface area contributed by atoms with Crippen molar-refractivity contribution in [2.45, 2.75) is 44.9 Å². The lowest BCUT2D eigenvalue weighted by Gasteiger charge is -2.18. The van der Waals surface area contributed by atoms with Gasteiger partial charge in [-0.25, -0.2) is 4.98 Å². The third-order valence-corrected chi connectivity index (χ3v) is 5.52. The molecule has 7 nitrogen and oxygen atoms in total. The Hall–Kier alpha value is -2.31. The van der Waals surface area contributed by atoms with Crippen LogP contribution in [0.3, 0.4) is 0 Å². The first kappa shape index (κ1) is 13.2. The molecule has 0 unspecified atom stereocenters. The maximum atomic E-state index is 4.77. The topological polar surface area (TPSA) is 73.8 Å². The van der Waals surface area contributed by atoms with E-state index in [9.17, 15) is 0 Å². The minimum atomic E-state index is 0.516. The quantitative estimate of drug-likeness (QED) is 0.726. The molecule has 23 heavy (non-hydrogen) atoms. The van der Waals surface area contributed by atoms with E-state index < -0.39 is 0 Å². The predicted molar refractivity (Wildman–Crippen MR) is 83.2 cm³/mol. The van der Waals surface area contributed by atoms with Crippen molar-refractivity contribution in [2.75, 3.05) is 0 Å². The summed E-state index contributed by atoms with van der Waals surface area (Å²) in [6.45, 7) is 1.96. The Morgan fingerprint density at radius 3 is 3.00 bits per heavy atom. The first-order chi connectivity index (χ1) is 11.3. The highest BCUT2D eigenvalue weighted by atomic mass is 15.4. The average Bonchev–Trinajstić information content (AvgIpc) is 3.29. The molecule has 0 aliphatic heterocycles. The zero-order valence-electron chi connectivity index (χ0n) is 13.1. The second-order valence-corrected chi connectivity index (χ2v) is 6.79. The highest BCUT2D eigenvalue weighted by Crippen LogP contribution is 2.51. The largest absolute Gasteiger partial charge is 0.216 e. The van der Waals surface area contributed by atoms with Gasteiger partial charge in [0.1, 0.15) is 18.0 Å². The van der Waals surface area contributed by atoms with Gasteiger partial charge in [0.25, 0.3) is 0 Å². The molecular weight excluding hydrogens is 290 g/mol. The van der Waals surface area contributed by atoms with E-state index in [2.05, 4.69) is 20.4 Å². The Morgan fingerprint density at radius 2 is 2.04 bits per heavy atom. The highest BCUT2D eigenvalue weighted by molar-refractivity contribution is 5.38. The number of nitrogens with zero attached hydrogens (tertiary/aromatic N) is 7.